The molecule has 25 heavy (non-hydrogen) atoms. The van der Waals surface area contributed by atoms with Crippen molar-refractivity contribution >= 4 is 17.6 Å². The molecule has 2 aromatic carbocycles. The van der Waals surface area contributed by atoms with Gasteiger partial charge in [-0.2, -0.15) is 5.10 Å². The number of amides is 1. The maximum Gasteiger partial charge on any atom is 0.325 e. The van der Waals surface area contributed by atoms with Gasteiger partial charge in [0.1, 0.15) is 6.54 Å². The molecule has 0 aliphatic heterocycles. The van der Waals surface area contributed by atoms with Crippen molar-refractivity contribution in [2.75, 3.05) is 4.90 Å². The third-order valence-electron chi connectivity index (χ3n) is 3.67. The number of carboxylic acids is 1. The van der Waals surface area contributed by atoms with Gasteiger partial charge in [0.2, 0.25) is 0 Å². The molecule has 0 bridgehead atoms. The van der Waals surface area contributed by atoms with E-state index in [0.29, 0.717) is 12.1 Å². The van der Waals surface area contributed by atoms with Crippen LogP contribution in [0, 0.1) is 0 Å². The minimum Gasteiger partial charge on any atom is -0.480 e. The van der Waals surface area contributed by atoms with E-state index in [-0.39, 0.29) is 12.5 Å². The zero-order valence-electron chi connectivity index (χ0n) is 13.4. The number of aromatic nitrogens is 2. The first-order chi connectivity index (χ1) is 12.1. The van der Waals surface area contributed by atoms with E-state index in [1.54, 1.807) is 4.90 Å². The largest absolute Gasteiger partial charge is 0.480 e. The maximum absolute atomic E-state index is 13.0. The summed E-state index contributed by atoms with van der Waals surface area (Å²) < 4.78 is 1.24. The van der Waals surface area contributed by atoms with E-state index in [4.69, 9.17) is 5.11 Å². The molecule has 0 aliphatic rings. The van der Waals surface area contributed by atoms with Crippen molar-refractivity contribution in [2.24, 2.45) is 0 Å². The van der Waals surface area contributed by atoms with E-state index in [1.807, 2.05) is 60.7 Å². The summed E-state index contributed by atoms with van der Waals surface area (Å²) in [5.41, 5.74) is 2.11. The Morgan fingerprint density at radius 3 is 2.28 bits per heavy atom. The highest BCUT2D eigenvalue weighted by Gasteiger charge is 2.20. The fraction of sp³-hybridized carbons (Fsp3) is 0.105. The van der Waals surface area contributed by atoms with Crippen LogP contribution < -0.4 is 4.90 Å². The third kappa shape index (κ3) is 4.11. The molecule has 0 unspecified atom stereocenters. The number of carbonyl (C=O) groups excluding carboxylic acids is 1. The highest BCUT2D eigenvalue weighted by atomic mass is 16.4. The van der Waals surface area contributed by atoms with Gasteiger partial charge in [0, 0.05) is 11.9 Å². The van der Waals surface area contributed by atoms with Crippen LogP contribution in [0.3, 0.4) is 0 Å². The van der Waals surface area contributed by atoms with Gasteiger partial charge in [0.15, 0.2) is 0 Å². The molecule has 0 radical (unpaired) electrons. The number of aliphatic carboxylic acids is 1. The summed E-state index contributed by atoms with van der Waals surface area (Å²) in [6, 6.07) is 19.0. The standard InChI is InChI=1S/C19H17N3O3/c23-18(24)14-21-13-16(11-20-21)19(25)22(17-9-5-2-6-10-17)12-15-7-3-1-4-8-15/h1-11,13H,12,14H2,(H,23,24). The van der Waals surface area contributed by atoms with Crippen molar-refractivity contribution in [2.45, 2.75) is 13.1 Å². The first kappa shape index (κ1) is 16.4. The summed E-state index contributed by atoms with van der Waals surface area (Å²) >= 11 is 0. The predicted octanol–water partition coefficient (Wildman–Crippen LogP) is 2.81. The van der Waals surface area contributed by atoms with Crippen LogP contribution in [0.15, 0.2) is 73.1 Å². The van der Waals surface area contributed by atoms with Crippen LogP contribution in [0.2, 0.25) is 0 Å². The predicted molar refractivity (Wildman–Crippen MR) is 93.3 cm³/mol. The van der Waals surface area contributed by atoms with Crippen LogP contribution >= 0.6 is 0 Å². The number of hydrogen-bond acceptors (Lipinski definition) is 3. The molecule has 3 rings (SSSR count). The molecule has 0 saturated carbocycles. The average Bonchev–Trinajstić information content (AvgIpc) is 3.08. The van der Waals surface area contributed by atoms with Crippen molar-refractivity contribution in [1.82, 2.24) is 9.78 Å². The van der Waals surface area contributed by atoms with Crippen LogP contribution in [0.4, 0.5) is 5.69 Å². The number of rotatable bonds is 6. The molecule has 0 saturated heterocycles. The number of hydrogen-bond donors (Lipinski definition) is 1. The van der Waals surface area contributed by atoms with Crippen LogP contribution in [-0.4, -0.2) is 26.8 Å². The number of benzene rings is 2. The molecular weight excluding hydrogens is 318 g/mol. The molecule has 6 nitrogen and oxygen atoms in total. The summed E-state index contributed by atoms with van der Waals surface area (Å²) in [4.78, 5) is 25.4. The zero-order chi connectivity index (χ0) is 17.6. The van der Waals surface area contributed by atoms with Gasteiger partial charge in [-0.1, -0.05) is 48.5 Å². The highest BCUT2D eigenvalue weighted by Crippen LogP contribution is 2.20. The second-order valence-corrected chi connectivity index (χ2v) is 5.53. The summed E-state index contributed by atoms with van der Waals surface area (Å²) in [5, 5.41) is 12.8. The van der Waals surface area contributed by atoms with E-state index >= 15 is 0 Å². The van der Waals surface area contributed by atoms with Crippen molar-refractivity contribution in [3.8, 4) is 0 Å². The molecule has 1 aromatic heterocycles. The average molecular weight is 335 g/mol. The molecular formula is C19H17N3O3. The molecule has 1 heterocycles. The van der Waals surface area contributed by atoms with Crippen molar-refractivity contribution < 1.29 is 14.7 Å². The SMILES string of the molecule is O=C(O)Cn1cc(C(=O)N(Cc2ccccc2)c2ccccc2)cn1. The molecule has 6 heteroatoms. The first-order valence-electron chi connectivity index (χ1n) is 7.78. The first-order valence-corrected chi connectivity index (χ1v) is 7.78. The summed E-state index contributed by atoms with van der Waals surface area (Å²) in [7, 11) is 0. The van der Waals surface area contributed by atoms with Gasteiger partial charge in [-0.15, -0.1) is 0 Å². The van der Waals surface area contributed by atoms with E-state index < -0.39 is 5.97 Å². The van der Waals surface area contributed by atoms with Gasteiger partial charge in [-0.25, -0.2) is 0 Å². The third-order valence-corrected chi connectivity index (χ3v) is 3.67. The molecule has 0 fully saturated rings. The second kappa shape index (κ2) is 7.44. The van der Waals surface area contributed by atoms with Crippen LogP contribution in [-0.2, 0) is 17.9 Å². The number of anilines is 1. The minimum atomic E-state index is -1.01. The van der Waals surface area contributed by atoms with Crippen molar-refractivity contribution in [1.29, 1.82) is 0 Å². The van der Waals surface area contributed by atoms with E-state index in [9.17, 15) is 9.59 Å². The Hall–Kier alpha value is -3.41. The molecule has 0 atom stereocenters. The maximum atomic E-state index is 13.0. The molecule has 0 spiro atoms. The van der Waals surface area contributed by atoms with Crippen LogP contribution in [0.5, 0.6) is 0 Å². The monoisotopic (exact) mass is 335 g/mol. The van der Waals surface area contributed by atoms with E-state index in [0.717, 1.165) is 11.3 Å². The summed E-state index contributed by atoms with van der Waals surface area (Å²) in [6.45, 7) is 0.130. The summed E-state index contributed by atoms with van der Waals surface area (Å²) in [5.74, 6) is -1.24. The topological polar surface area (TPSA) is 75.4 Å². The Morgan fingerprint density at radius 2 is 1.64 bits per heavy atom. The number of nitrogens with zero attached hydrogens (tertiary/aromatic N) is 3. The Morgan fingerprint density at radius 1 is 1.00 bits per heavy atom. The lowest BCUT2D eigenvalue weighted by atomic mass is 10.1. The number of carbonyl (C=O) groups is 2. The lowest BCUT2D eigenvalue weighted by Gasteiger charge is -2.22. The molecule has 3 aromatic rings. The van der Waals surface area contributed by atoms with Gasteiger partial charge >= 0.3 is 5.97 Å². The van der Waals surface area contributed by atoms with Crippen molar-refractivity contribution in [3.63, 3.8) is 0 Å². The Bertz CT molecular complexity index is 860. The normalized spacial score (nSPS) is 10.4. The lowest BCUT2D eigenvalue weighted by Crippen LogP contribution is -2.30. The quantitative estimate of drug-likeness (QED) is 0.751. The summed E-state index contributed by atoms with van der Waals surface area (Å²) in [6.07, 6.45) is 2.85. The number of carboxylic acid groups (broad SMARTS) is 1. The van der Waals surface area contributed by atoms with Gasteiger partial charge in [0.25, 0.3) is 5.91 Å². The van der Waals surface area contributed by atoms with Gasteiger partial charge in [-0.3, -0.25) is 14.3 Å². The molecule has 126 valence electrons. The number of para-hydroxylation sites is 1. The zero-order valence-corrected chi connectivity index (χ0v) is 13.4. The molecule has 0 aliphatic carbocycles. The Kier molecular flexibility index (Phi) is 4.89. The van der Waals surface area contributed by atoms with Crippen LogP contribution in [0.25, 0.3) is 0 Å². The van der Waals surface area contributed by atoms with Gasteiger partial charge < -0.3 is 10.0 Å². The Labute approximate surface area is 144 Å². The van der Waals surface area contributed by atoms with Gasteiger partial charge in [0.05, 0.1) is 18.3 Å². The minimum absolute atomic E-state index is 0.230. The van der Waals surface area contributed by atoms with Gasteiger partial charge in [-0.05, 0) is 17.7 Å². The van der Waals surface area contributed by atoms with Crippen molar-refractivity contribution in [3.05, 3.63) is 84.2 Å². The molecule has 1 amide bonds. The second-order valence-electron chi connectivity index (χ2n) is 5.53. The molecule has 1 N–H and O–H groups in total. The van der Waals surface area contributed by atoms with E-state index in [1.165, 1.54) is 17.1 Å². The van der Waals surface area contributed by atoms with Crippen LogP contribution in [0.1, 0.15) is 15.9 Å². The van der Waals surface area contributed by atoms with E-state index in [2.05, 4.69) is 5.10 Å². The fourth-order valence-electron chi connectivity index (χ4n) is 2.51. The highest BCUT2D eigenvalue weighted by molar-refractivity contribution is 6.05. The fourth-order valence-corrected chi connectivity index (χ4v) is 2.51. The Balaban J connectivity index is 1.89. The lowest BCUT2D eigenvalue weighted by molar-refractivity contribution is -0.137. The smallest absolute Gasteiger partial charge is 0.325 e.